The lowest BCUT2D eigenvalue weighted by molar-refractivity contribution is 0.192. The minimum atomic E-state index is 0.0332. The van der Waals surface area contributed by atoms with Crippen LogP contribution in [-0.2, 0) is 0 Å². The van der Waals surface area contributed by atoms with Gasteiger partial charge in [0.1, 0.15) is 5.82 Å². The molecule has 3 fully saturated rings. The zero-order chi connectivity index (χ0) is 17.2. The molecule has 1 aromatic rings. The van der Waals surface area contributed by atoms with Gasteiger partial charge in [0.05, 0.1) is 12.2 Å². The molecule has 6 heteroatoms. The maximum atomic E-state index is 12.7. The van der Waals surface area contributed by atoms with E-state index in [9.17, 15) is 4.79 Å². The molecule has 25 heavy (non-hydrogen) atoms. The highest BCUT2D eigenvalue weighted by atomic mass is 16.2. The van der Waals surface area contributed by atoms with Crippen LogP contribution in [0.1, 0.15) is 51.5 Å². The first-order chi connectivity index (χ1) is 12.2. The zero-order valence-electron chi connectivity index (χ0n) is 15.4. The fourth-order valence-corrected chi connectivity index (χ4v) is 4.38. The average molecular weight is 345 g/mol. The van der Waals surface area contributed by atoms with E-state index in [1.165, 1.54) is 45.2 Å². The van der Waals surface area contributed by atoms with Crippen molar-refractivity contribution in [2.75, 3.05) is 38.0 Å². The van der Waals surface area contributed by atoms with Crippen molar-refractivity contribution >= 4 is 11.8 Å². The summed E-state index contributed by atoms with van der Waals surface area (Å²) < 4.78 is 1.98. The Morgan fingerprint density at radius 3 is 2.80 bits per heavy atom. The topological polar surface area (TPSA) is 53.4 Å². The first-order valence-electron chi connectivity index (χ1n) is 10.0. The Bertz CT molecular complexity index is 590. The monoisotopic (exact) mass is 345 g/mol. The number of aromatic nitrogens is 2. The molecular formula is C19H31N5O. The molecule has 1 N–H and O–H groups in total. The van der Waals surface area contributed by atoms with Crippen LogP contribution in [0.3, 0.4) is 0 Å². The summed E-state index contributed by atoms with van der Waals surface area (Å²) in [5, 5.41) is 7.52. The van der Waals surface area contributed by atoms with Gasteiger partial charge in [-0.1, -0.05) is 6.42 Å². The van der Waals surface area contributed by atoms with Crippen LogP contribution in [0, 0.1) is 11.8 Å². The predicted octanol–water partition coefficient (Wildman–Crippen LogP) is 3.19. The Balaban J connectivity index is 1.29. The van der Waals surface area contributed by atoms with E-state index in [1.54, 1.807) is 6.20 Å². The third-order valence-electron chi connectivity index (χ3n) is 6.13. The normalized spacial score (nSPS) is 26.0. The molecule has 2 saturated heterocycles. The summed E-state index contributed by atoms with van der Waals surface area (Å²) in [7, 11) is 0. The molecule has 2 amide bonds. The van der Waals surface area contributed by atoms with Gasteiger partial charge in [0, 0.05) is 25.7 Å². The molecule has 2 aliphatic heterocycles. The zero-order valence-corrected chi connectivity index (χ0v) is 15.4. The lowest BCUT2D eigenvalue weighted by Crippen LogP contribution is -2.37. The second-order valence-corrected chi connectivity index (χ2v) is 8.13. The van der Waals surface area contributed by atoms with Crippen molar-refractivity contribution in [3.63, 3.8) is 0 Å². The third-order valence-corrected chi connectivity index (χ3v) is 6.13. The smallest absolute Gasteiger partial charge is 0.323 e. The van der Waals surface area contributed by atoms with E-state index in [0.29, 0.717) is 12.0 Å². The minimum absolute atomic E-state index is 0.0332. The second-order valence-electron chi connectivity index (χ2n) is 8.13. The molecule has 0 bridgehead atoms. The van der Waals surface area contributed by atoms with Gasteiger partial charge >= 0.3 is 6.03 Å². The van der Waals surface area contributed by atoms with Crippen molar-refractivity contribution in [1.82, 2.24) is 19.6 Å². The number of hydrogen-bond donors (Lipinski definition) is 1. The van der Waals surface area contributed by atoms with Gasteiger partial charge in [0.15, 0.2) is 0 Å². The van der Waals surface area contributed by atoms with Gasteiger partial charge in [-0.15, -0.1) is 0 Å². The molecule has 138 valence electrons. The van der Waals surface area contributed by atoms with E-state index in [0.717, 1.165) is 37.8 Å². The Morgan fingerprint density at radius 1 is 1.24 bits per heavy atom. The molecule has 1 saturated carbocycles. The van der Waals surface area contributed by atoms with Crippen molar-refractivity contribution in [1.29, 1.82) is 0 Å². The standard InChI is InChI=1S/C19H31N5O/c1-15(17-5-6-17)24-18(7-9-20-24)21-19(25)23-12-8-16(14-23)13-22-10-3-2-4-11-22/h7,9,15-17H,2-6,8,10-14H2,1H3,(H,21,25)/t15-,16+/m1/s1. The fraction of sp³-hybridized carbons (Fsp3) is 0.789. The van der Waals surface area contributed by atoms with Crippen molar-refractivity contribution in [3.05, 3.63) is 12.3 Å². The molecular weight excluding hydrogens is 314 g/mol. The molecule has 6 nitrogen and oxygen atoms in total. The summed E-state index contributed by atoms with van der Waals surface area (Å²) in [5.74, 6) is 2.18. The van der Waals surface area contributed by atoms with E-state index < -0.39 is 0 Å². The summed E-state index contributed by atoms with van der Waals surface area (Å²) in [6, 6.07) is 2.32. The van der Waals surface area contributed by atoms with E-state index in [4.69, 9.17) is 0 Å². The number of piperidine rings is 1. The molecule has 0 unspecified atom stereocenters. The molecule has 1 aromatic heterocycles. The van der Waals surface area contributed by atoms with Crippen LogP contribution >= 0.6 is 0 Å². The Morgan fingerprint density at radius 2 is 2.04 bits per heavy atom. The van der Waals surface area contributed by atoms with Crippen LogP contribution in [0.25, 0.3) is 0 Å². The highest BCUT2D eigenvalue weighted by Gasteiger charge is 2.32. The molecule has 0 spiro atoms. The molecule has 0 radical (unpaired) electrons. The van der Waals surface area contributed by atoms with Crippen LogP contribution < -0.4 is 5.32 Å². The Hall–Kier alpha value is -1.56. The van der Waals surface area contributed by atoms with Gasteiger partial charge < -0.3 is 9.80 Å². The summed E-state index contributed by atoms with van der Waals surface area (Å²) in [6.07, 6.45) is 9.51. The van der Waals surface area contributed by atoms with E-state index >= 15 is 0 Å². The molecule has 1 aliphatic carbocycles. The van der Waals surface area contributed by atoms with Crippen molar-refractivity contribution in [2.24, 2.45) is 11.8 Å². The van der Waals surface area contributed by atoms with Gasteiger partial charge in [-0.3, -0.25) is 5.32 Å². The van der Waals surface area contributed by atoms with E-state index in [-0.39, 0.29) is 6.03 Å². The number of anilines is 1. The van der Waals surface area contributed by atoms with Crippen LogP contribution in [0.2, 0.25) is 0 Å². The van der Waals surface area contributed by atoms with Gasteiger partial charge in [-0.2, -0.15) is 5.10 Å². The van der Waals surface area contributed by atoms with Crippen molar-refractivity contribution in [2.45, 2.75) is 51.5 Å². The number of nitrogens with one attached hydrogen (secondary N) is 1. The number of carbonyl (C=O) groups excluding carboxylic acids is 1. The highest BCUT2D eigenvalue weighted by Crippen LogP contribution is 2.40. The number of nitrogens with zero attached hydrogens (tertiary/aromatic N) is 4. The molecule has 3 heterocycles. The Labute approximate surface area is 150 Å². The molecule has 0 aromatic carbocycles. The van der Waals surface area contributed by atoms with Gasteiger partial charge in [0.2, 0.25) is 0 Å². The van der Waals surface area contributed by atoms with Gasteiger partial charge in [-0.05, 0) is 64.0 Å². The summed E-state index contributed by atoms with van der Waals surface area (Å²) >= 11 is 0. The maximum absolute atomic E-state index is 12.7. The van der Waals surface area contributed by atoms with Crippen LogP contribution in [0.15, 0.2) is 12.3 Å². The van der Waals surface area contributed by atoms with Gasteiger partial charge in [0.25, 0.3) is 0 Å². The molecule has 3 aliphatic rings. The van der Waals surface area contributed by atoms with E-state index in [2.05, 4.69) is 22.2 Å². The number of amides is 2. The van der Waals surface area contributed by atoms with Crippen molar-refractivity contribution < 1.29 is 4.79 Å². The first-order valence-corrected chi connectivity index (χ1v) is 10.0. The van der Waals surface area contributed by atoms with Crippen molar-refractivity contribution in [3.8, 4) is 0 Å². The van der Waals surface area contributed by atoms with Crippen LogP contribution in [0.5, 0.6) is 0 Å². The fourth-order valence-electron chi connectivity index (χ4n) is 4.38. The molecule has 2 atom stereocenters. The third kappa shape index (κ3) is 4.00. The lowest BCUT2D eigenvalue weighted by Gasteiger charge is -2.29. The lowest BCUT2D eigenvalue weighted by atomic mass is 10.1. The number of rotatable bonds is 5. The van der Waals surface area contributed by atoms with E-state index in [1.807, 2.05) is 15.6 Å². The van der Waals surface area contributed by atoms with Gasteiger partial charge in [-0.25, -0.2) is 9.48 Å². The summed E-state index contributed by atoms with van der Waals surface area (Å²) in [5.41, 5.74) is 0. The average Bonchev–Trinajstić information content (AvgIpc) is 3.20. The number of hydrogen-bond acceptors (Lipinski definition) is 3. The quantitative estimate of drug-likeness (QED) is 0.892. The largest absolute Gasteiger partial charge is 0.324 e. The minimum Gasteiger partial charge on any atom is -0.324 e. The highest BCUT2D eigenvalue weighted by molar-refractivity contribution is 5.88. The van der Waals surface area contributed by atoms with Crippen LogP contribution in [0.4, 0.5) is 10.6 Å². The predicted molar refractivity (Wildman–Crippen MR) is 98.7 cm³/mol. The first kappa shape index (κ1) is 16.9. The SMILES string of the molecule is C[C@H](C1CC1)n1nccc1NC(=O)N1CC[C@@H](CN2CCCCC2)C1. The van der Waals surface area contributed by atoms with Crippen LogP contribution in [-0.4, -0.2) is 58.3 Å². The number of likely N-dealkylation sites (tertiary alicyclic amines) is 2. The number of urea groups is 1. The number of carbonyl (C=O) groups is 1. The second kappa shape index (κ2) is 7.36. The maximum Gasteiger partial charge on any atom is 0.323 e. The Kier molecular flexibility index (Phi) is 4.97. The summed E-state index contributed by atoms with van der Waals surface area (Å²) in [4.78, 5) is 17.2. The molecule has 4 rings (SSSR count). The summed E-state index contributed by atoms with van der Waals surface area (Å²) in [6.45, 7) is 7.58.